The van der Waals surface area contributed by atoms with Gasteiger partial charge in [0.25, 0.3) is 0 Å². The number of hydrogen-bond donors (Lipinski definition) is 6. The van der Waals surface area contributed by atoms with Gasteiger partial charge < -0.3 is 37.2 Å². The van der Waals surface area contributed by atoms with E-state index in [1.54, 1.807) is 13.8 Å². The molecule has 0 saturated carbocycles. The smallest absolute Gasteiger partial charge is 0.328 e. The van der Waals surface area contributed by atoms with Gasteiger partial charge in [-0.05, 0) is 18.8 Å². The molecule has 12 nitrogen and oxygen atoms in total. The second-order valence-electron chi connectivity index (χ2n) is 7.27. The van der Waals surface area contributed by atoms with Crippen molar-refractivity contribution in [2.24, 2.45) is 17.4 Å². The number of nitrogens with two attached hydrogens (primary N) is 2. The number of rotatable bonds is 10. The number of carbonyl (C=O) groups excluding carboxylic acids is 4. The number of hydrogen-bond acceptors (Lipinski definition) is 7. The lowest BCUT2D eigenvalue weighted by atomic mass is 10.0. The quantitative estimate of drug-likeness (QED) is 0.215. The van der Waals surface area contributed by atoms with Gasteiger partial charge in [-0.3, -0.25) is 19.2 Å². The molecule has 12 heteroatoms. The van der Waals surface area contributed by atoms with Crippen molar-refractivity contribution in [2.45, 2.75) is 57.3 Å². The first-order valence-corrected chi connectivity index (χ1v) is 9.28. The number of aliphatic hydroxyl groups is 1. The molecule has 29 heavy (non-hydrogen) atoms. The van der Waals surface area contributed by atoms with Gasteiger partial charge in [0, 0.05) is 6.54 Å². The predicted octanol–water partition coefficient (Wildman–Crippen LogP) is -3.12. The van der Waals surface area contributed by atoms with E-state index in [-0.39, 0.29) is 11.8 Å². The summed E-state index contributed by atoms with van der Waals surface area (Å²) in [7, 11) is 0. The van der Waals surface area contributed by atoms with E-state index < -0.39 is 60.9 Å². The van der Waals surface area contributed by atoms with Gasteiger partial charge in [0.1, 0.15) is 18.1 Å². The lowest BCUT2D eigenvalue weighted by Crippen LogP contribution is -2.58. The van der Waals surface area contributed by atoms with Crippen molar-refractivity contribution in [3.8, 4) is 0 Å². The first-order valence-electron chi connectivity index (χ1n) is 9.28. The molecule has 0 bridgehead atoms. The van der Waals surface area contributed by atoms with Crippen molar-refractivity contribution in [1.29, 1.82) is 0 Å². The molecule has 8 N–H and O–H groups in total. The summed E-state index contributed by atoms with van der Waals surface area (Å²) >= 11 is 0. The molecule has 0 aromatic carbocycles. The molecular formula is C17H29N5O7. The maximum Gasteiger partial charge on any atom is 0.328 e. The summed E-state index contributed by atoms with van der Waals surface area (Å²) in [5.74, 6) is -4.58. The van der Waals surface area contributed by atoms with Crippen molar-refractivity contribution < 1.29 is 34.2 Å². The Balaban J connectivity index is 2.91. The molecule has 1 heterocycles. The van der Waals surface area contributed by atoms with E-state index in [1.165, 1.54) is 4.90 Å². The molecule has 4 amide bonds. The fraction of sp³-hybridized carbons (Fsp3) is 0.706. The molecule has 1 aliphatic heterocycles. The van der Waals surface area contributed by atoms with Crippen LogP contribution in [0.4, 0.5) is 0 Å². The summed E-state index contributed by atoms with van der Waals surface area (Å²) < 4.78 is 0. The lowest BCUT2D eigenvalue weighted by Gasteiger charge is -2.29. The fourth-order valence-electron chi connectivity index (χ4n) is 2.92. The van der Waals surface area contributed by atoms with E-state index >= 15 is 0 Å². The highest BCUT2D eigenvalue weighted by Gasteiger charge is 2.38. The maximum absolute atomic E-state index is 12.7. The standard InChI is InChI=1S/C17H29N5O7/c1-8(2)13(19)16(27)22-5-3-4-11(22)15(26)20-9(6-12(18)24)14(25)21-10(7-23)17(28)29/h8-11,13,23H,3-7,19H2,1-2H3,(H2,18,24)(H,20,26)(H,21,25)(H,28,29). The van der Waals surface area contributed by atoms with Crippen LogP contribution in [-0.4, -0.2) is 82.0 Å². The fourth-order valence-corrected chi connectivity index (χ4v) is 2.92. The van der Waals surface area contributed by atoms with Crippen molar-refractivity contribution >= 4 is 29.6 Å². The van der Waals surface area contributed by atoms with Crippen molar-refractivity contribution in [3.63, 3.8) is 0 Å². The van der Waals surface area contributed by atoms with Crippen LogP contribution in [0.5, 0.6) is 0 Å². The molecule has 4 atom stereocenters. The third kappa shape index (κ3) is 6.68. The summed E-state index contributed by atoms with van der Waals surface area (Å²) in [6.45, 7) is 3.01. The molecule has 1 fully saturated rings. The van der Waals surface area contributed by atoms with Gasteiger partial charge in [0.15, 0.2) is 0 Å². The van der Waals surface area contributed by atoms with Gasteiger partial charge in [-0.2, -0.15) is 0 Å². The maximum atomic E-state index is 12.7. The van der Waals surface area contributed by atoms with Gasteiger partial charge in [-0.15, -0.1) is 0 Å². The summed E-state index contributed by atoms with van der Waals surface area (Å²) in [5.41, 5.74) is 11.0. The van der Waals surface area contributed by atoms with Crippen LogP contribution in [0.1, 0.15) is 33.1 Å². The molecule has 0 aliphatic carbocycles. The Bertz CT molecular complexity index is 654. The average Bonchev–Trinajstić information content (AvgIpc) is 3.13. The highest BCUT2D eigenvalue weighted by atomic mass is 16.4. The van der Waals surface area contributed by atoms with Crippen LogP contribution in [0.3, 0.4) is 0 Å². The monoisotopic (exact) mass is 415 g/mol. The van der Waals surface area contributed by atoms with Crippen LogP contribution < -0.4 is 22.1 Å². The van der Waals surface area contributed by atoms with Crippen LogP contribution in [0.15, 0.2) is 0 Å². The normalized spacial score (nSPS) is 19.3. The lowest BCUT2D eigenvalue weighted by molar-refractivity contribution is -0.144. The Kier molecular flexibility index (Phi) is 8.98. The van der Waals surface area contributed by atoms with E-state index in [0.717, 1.165) is 0 Å². The minimum Gasteiger partial charge on any atom is -0.480 e. The molecule has 4 unspecified atom stereocenters. The number of amides is 4. The van der Waals surface area contributed by atoms with Gasteiger partial charge >= 0.3 is 5.97 Å². The van der Waals surface area contributed by atoms with Gasteiger partial charge in [0.05, 0.1) is 19.1 Å². The first kappa shape index (κ1) is 24.3. The number of aliphatic carboxylic acids is 1. The zero-order chi connectivity index (χ0) is 22.3. The minimum absolute atomic E-state index is 0.133. The number of carbonyl (C=O) groups is 5. The second-order valence-corrected chi connectivity index (χ2v) is 7.27. The van der Waals surface area contributed by atoms with Crippen LogP contribution in [0.25, 0.3) is 0 Å². The van der Waals surface area contributed by atoms with Crippen molar-refractivity contribution in [1.82, 2.24) is 15.5 Å². The average molecular weight is 415 g/mol. The number of likely N-dealkylation sites (tertiary alicyclic amines) is 1. The van der Waals surface area contributed by atoms with E-state index in [0.29, 0.717) is 19.4 Å². The largest absolute Gasteiger partial charge is 0.480 e. The van der Waals surface area contributed by atoms with Gasteiger partial charge in [0.2, 0.25) is 23.6 Å². The predicted molar refractivity (Wildman–Crippen MR) is 99.9 cm³/mol. The van der Waals surface area contributed by atoms with E-state index in [9.17, 15) is 24.0 Å². The van der Waals surface area contributed by atoms with Crippen molar-refractivity contribution in [2.75, 3.05) is 13.2 Å². The number of nitrogens with one attached hydrogen (secondary N) is 2. The summed E-state index contributed by atoms with van der Waals surface area (Å²) in [6.07, 6.45) is 0.329. The van der Waals surface area contributed by atoms with Gasteiger partial charge in [-0.25, -0.2) is 4.79 Å². The summed E-state index contributed by atoms with van der Waals surface area (Å²) in [6, 6.07) is -4.72. The molecule has 1 rings (SSSR count). The summed E-state index contributed by atoms with van der Waals surface area (Å²) in [4.78, 5) is 61.1. The molecule has 0 aromatic rings. The van der Waals surface area contributed by atoms with E-state index in [1.807, 2.05) is 5.32 Å². The van der Waals surface area contributed by atoms with E-state index in [4.69, 9.17) is 21.7 Å². The molecule has 1 saturated heterocycles. The Morgan fingerprint density at radius 2 is 1.76 bits per heavy atom. The number of nitrogens with zero attached hydrogens (tertiary/aromatic N) is 1. The number of aliphatic hydroxyl groups excluding tert-OH is 1. The molecular weight excluding hydrogens is 386 g/mol. The SMILES string of the molecule is CC(C)C(N)C(=O)N1CCCC1C(=O)NC(CC(N)=O)C(=O)NC(CO)C(=O)O. The third-order valence-corrected chi connectivity index (χ3v) is 4.68. The van der Waals surface area contributed by atoms with Crippen LogP contribution in [0.2, 0.25) is 0 Å². The molecule has 1 aliphatic rings. The Hall–Kier alpha value is -2.73. The minimum atomic E-state index is -1.61. The Morgan fingerprint density at radius 3 is 2.24 bits per heavy atom. The second kappa shape index (κ2) is 10.7. The molecule has 0 aromatic heterocycles. The van der Waals surface area contributed by atoms with Gasteiger partial charge in [-0.1, -0.05) is 13.8 Å². The van der Waals surface area contributed by atoms with Crippen LogP contribution in [0, 0.1) is 5.92 Å². The highest BCUT2D eigenvalue weighted by molar-refractivity contribution is 5.96. The molecule has 0 radical (unpaired) electrons. The molecule has 164 valence electrons. The number of carboxylic acid groups (broad SMARTS) is 1. The summed E-state index contributed by atoms with van der Waals surface area (Å²) in [5, 5.41) is 22.3. The third-order valence-electron chi connectivity index (χ3n) is 4.68. The van der Waals surface area contributed by atoms with Crippen molar-refractivity contribution in [3.05, 3.63) is 0 Å². The number of carboxylic acids is 1. The van der Waals surface area contributed by atoms with Crippen LogP contribution in [-0.2, 0) is 24.0 Å². The Morgan fingerprint density at radius 1 is 1.14 bits per heavy atom. The topological polar surface area (TPSA) is 205 Å². The van der Waals surface area contributed by atoms with E-state index in [2.05, 4.69) is 5.32 Å². The Labute approximate surface area is 168 Å². The number of primary amides is 1. The zero-order valence-corrected chi connectivity index (χ0v) is 16.5. The van der Waals surface area contributed by atoms with Crippen LogP contribution >= 0.6 is 0 Å². The first-order chi connectivity index (χ1) is 13.5. The highest BCUT2D eigenvalue weighted by Crippen LogP contribution is 2.20. The molecule has 0 spiro atoms. The zero-order valence-electron chi connectivity index (χ0n) is 16.5.